The Morgan fingerprint density at radius 3 is 1.68 bits per heavy atom. The average molecular weight is 664 g/mol. The molecule has 0 fully saturated rings. The lowest BCUT2D eigenvalue weighted by Crippen LogP contribution is -2.55. The highest BCUT2D eigenvalue weighted by molar-refractivity contribution is 5.71. The van der Waals surface area contributed by atoms with Crippen LogP contribution in [0, 0.1) is 0 Å². The van der Waals surface area contributed by atoms with Crippen molar-refractivity contribution in [2.75, 3.05) is 41.0 Å². The third kappa shape index (κ3) is 29.4. The molecule has 0 N–H and O–H groups in total. The predicted molar refractivity (Wildman–Crippen MR) is 190 cm³/mol. The van der Waals surface area contributed by atoms with Gasteiger partial charge >= 0.3 is 11.9 Å². The summed E-state index contributed by atoms with van der Waals surface area (Å²) in [5, 5.41) is 11.5. The number of rotatable bonds is 32. The monoisotopic (exact) mass is 664 g/mol. The molecule has 0 bridgehead atoms. The summed E-state index contributed by atoms with van der Waals surface area (Å²) in [6, 6.07) is -0.733. The summed E-state index contributed by atoms with van der Waals surface area (Å²) in [6.45, 7) is 4.41. The van der Waals surface area contributed by atoms with Gasteiger partial charge in [-0.1, -0.05) is 134 Å². The van der Waals surface area contributed by atoms with Crippen LogP contribution in [0.3, 0.4) is 0 Å². The molecule has 272 valence electrons. The van der Waals surface area contributed by atoms with Gasteiger partial charge in [-0.15, -0.1) is 0 Å². The molecule has 2 unspecified atom stereocenters. The van der Waals surface area contributed by atoms with Crippen molar-refractivity contribution in [2.45, 2.75) is 154 Å². The summed E-state index contributed by atoms with van der Waals surface area (Å²) in [7, 11) is 5.37. The third-order valence-electron chi connectivity index (χ3n) is 8.07. The minimum atomic E-state index is -1.14. The second kappa shape index (κ2) is 30.9. The van der Waals surface area contributed by atoms with E-state index in [1.807, 2.05) is 6.08 Å². The first-order valence-electron chi connectivity index (χ1n) is 18.5. The van der Waals surface area contributed by atoms with Crippen LogP contribution < -0.4 is 5.11 Å². The highest BCUT2D eigenvalue weighted by Crippen LogP contribution is 2.14. The van der Waals surface area contributed by atoms with Crippen molar-refractivity contribution in [3.63, 3.8) is 0 Å². The maximum absolute atomic E-state index is 12.6. The molecule has 47 heavy (non-hydrogen) atoms. The van der Waals surface area contributed by atoms with E-state index in [2.05, 4.69) is 38.2 Å². The largest absolute Gasteiger partial charge is 0.544 e. The van der Waals surface area contributed by atoms with Crippen LogP contribution in [0.4, 0.5) is 0 Å². The van der Waals surface area contributed by atoms with Crippen LogP contribution in [0.15, 0.2) is 36.5 Å². The number of hydrogen-bond acceptors (Lipinski definition) is 7. The van der Waals surface area contributed by atoms with Gasteiger partial charge < -0.3 is 28.6 Å². The summed E-state index contributed by atoms with van der Waals surface area (Å²) in [6.07, 6.45) is 32.1. The molecule has 0 saturated carbocycles. The summed E-state index contributed by atoms with van der Waals surface area (Å²) in [4.78, 5) is 36.5. The van der Waals surface area contributed by atoms with Gasteiger partial charge in [-0.25, -0.2) is 0 Å². The van der Waals surface area contributed by atoms with Gasteiger partial charge in [0, 0.05) is 12.8 Å². The number of esters is 2. The minimum Gasteiger partial charge on any atom is -0.544 e. The van der Waals surface area contributed by atoms with Gasteiger partial charge in [0.2, 0.25) is 0 Å². The van der Waals surface area contributed by atoms with Gasteiger partial charge in [-0.2, -0.15) is 0 Å². The number of aliphatic carboxylic acids is 1. The second-order valence-electron chi connectivity index (χ2n) is 13.5. The first-order valence-corrected chi connectivity index (χ1v) is 18.5. The number of carboxylic acid groups (broad SMARTS) is 1. The molecule has 0 saturated heterocycles. The van der Waals surface area contributed by atoms with Crippen LogP contribution in [0.1, 0.15) is 142 Å². The standard InChI is InChI=1S/C39H69NO7/c1-6-8-10-12-14-16-17-18-19-20-22-24-26-28-30-38(42)47-35(33-45-32-31-36(39(43)44)40(3,4)5)34-46-37(41)29-27-25-23-21-15-13-11-9-7-2/h9,11,15,21,25,27,35-36H,6-8,10,12-14,16-20,22-24,26,28-34H2,1-5H3/b11-9+,21-15+,27-25+. The maximum Gasteiger partial charge on any atom is 0.309 e. The lowest BCUT2D eigenvalue weighted by Gasteiger charge is -2.34. The number of ether oxygens (including phenoxy) is 3. The van der Waals surface area contributed by atoms with Gasteiger partial charge in [0.15, 0.2) is 6.10 Å². The topological polar surface area (TPSA) is 102 Å². The third-order valence-corrected chi connectivity index (χ3v) is 8.07. The molecular weight excluding hydrogens is 594 g/mol. The molecule has 0 aromatic heterocycles. The molecule has 0 aliphatic carbocycles. The zero-order valence-electron chi connectivity index (χ0n) is 30.7. The van der Waals surface area contributed by atoms with Gasteiger partial charge in [-0.05, 0) is 25.7 Å². The second-order valence-corrected chi connectivity index (χ2v) is 13.5. The number of allylic oxidation sites excluding steroid dienone is 5. The maximum atomic E-state index is 12.6. The quantitative estimate of drug-likeness (QED) is 0.0313. The predicted octanol–water partition coefficient (Wildman–Crippen LogP) is 7.79. The molecule has 8 heteroatoms. The Hall–Kier alpha value is -2.45. The zero-order valence-corrected chi connectivity index (χ0v) is 30.7. The van der Waals surface area contributed by atoms with E-state index in [9.17, 15) is 19.5 Å². The molecule has 0 amide bonds. The van der Waals surface area contributed by atoms with E-state index in [1.54, 1.807) is 27.2 Å². The molecule has 0 rings (SSSR count). The molecule has 0 aliphatic rings. The molecule has 0 aromatic rings. The van der Waals surface area contributed by atoms with Crippen LogP contribution in [0.5, 0.6) is 0 Å². The number of unbranched alkanes of at least 4 members (excludes halogenated alkanes) is 13. The van der Waals surface area contributed by atoms with E-state index < -0.39 is 24.1 Å². The molecular formula is C39H69NO7. The van der Waals surface area contributed by atoms with Crippen LogP contribution in [0.25, 0.3) is 0 Å². The van der Waals surface area contributed by atoms with Crippen LogP contribution in [-0.2, 0) is 28.6 Å². The van der Waals surface area contributed by atoms with Gasteiger partial charge in [-0.3, -0.25) is 9.59 Å². The fraction of sp³-hybridized carbons (Fsp3) is 0.769. The van der Waals surface area contributed by atoms with E-state index in [0.29, 0.717) is 6.42 Å². The van der Waals surface area contributed by atoms with Crippen molar-refractivity contribution >= 4 is 17.9 Å². The molecule has 0 radical (unpaired) electrons. The van der Waals surface area contributed by atoms with E-state index in [4.69, 9.17) is 14.2 Å². The Morgan fingerprint density at radius 2 is 1.17 bits per heavy atom. The number of carbonyl (C=O) groups is 3. The highest BCUT2D eigenvalue weighted by atomic mass is 16.6. The molecule has 2 atom stereocenters. The minimum absolute atomic E-state index is 0.0157. The summed E-state index contributed by atoms with van der Waals surface area (Å²) in [5.41, 5.74) is 0. The van der Waals surface area contributed by atoms with Gasteiger partial charge in [0.25, 0.3) is 0 Å². The lowest BCUT2D eigenvalue weighted by molar-refractivity contribution is -0.889. The van der Waals surface area contributed by atoms with Crippen LogP contribution in [0.2, 0.25) is 0 Å². The Kier molecular flexibility index (Phi) is 29.2. The lowest BCUT2D eigenvalue weighted by atomic mass is 10.0. The van der Waals surface area contributed by atoms with Crippen LogP contribution >= 0.6 is 0 Å². The summed E-state index contributed by atoms with van der Waals surface area (Å²) < 4.78 is 16.9. The summed E-state index contributed by atoms with van der Waals surface area (Å²) in [5.74, 6) is -1.89. The van der Waals surface area contributed by atoms with E-state index >= 15 is 0 Å². The molecule has 0 spiro atoms. The van der Waals surface area contributed by atoms with E-state index in [-0.39, 0.29) is 43.1 Å². The van der Waals surface area contributed by atoms with Crippen molar-refractivity contribution in [3.8, 4) is 0 Å². The van der Waals surface area contributed by atoms with Crippen molar-refractivity contribution in [2.24, 2.45) is 0 Å². The molecule has 0 heterocycles. The number of carboxylic acids is 1. The van der Waals surface area contributed by atoms with Gasteiger partial charge in [0.1, 0.15) is 12.6 Å². The van der Waals surface area contributed by atoms with Crippen molar-refractivity contribution in [1.82, 2.24) is 0 Å². The smallest absolute Gasteiger partial charge is 0.309 e. The highest BCUT2D eigenvalue weighted by Gasteiger charge is 2.25. The summed E-state index contributed by atoms with van der Waals surface area (Å²) >= 11 is 0. The van der Waals surface area contributed by atoms with Gasteiger partial charge in [0.05, 0.1) is 46.7 Å². The number of hydrogen-bond donors (Lipinski definition) is 0. The van der Waals surface area contributed by atoms with E-state index in [1.165, 1.54) is 70.6 Å². The van der Waals surface area contributed by atoms with E-state index in [0.717, 1.165) is 38.5 Å². The SMILES string of the molecule is CC/C=C/C/C=C/C/C=C/CC(=O)OCC(COCCC(C(=O)[O-])[N+](C)(C)C)OC(=O)CCCCCCCCCCCCCCCC. The molecule has 0 aliphatic heterocycles. The number of likely N-dealkylation sites (N-methyl/N-ethyl adjacent to an activating group) is 1. The molecule has 8 nitrogen and oxygen atoms in total. The Balaban J connectivity index is 4.48. The van der Waals surface area contributed by atoms with Crippen molar-refractivity contribution in [3.05, 3.63) is 36.5 Å². The average Bonchev–Trinajstić information content (AvgIpc) is 3.01. The number of carbonyl (C=O) groups excluding carboxylic acids is 3. The van der Waals surface area contributed by atoms with Crippen LogP contribution in [-0.4, -0.2) is 75.5 Å². The number of quaternary nitrogens is 1. The Labute approximate surface area is 287 Å². The normalized spacial score (nSPS) is 13.5. The molecule has 0 aromatic carbocycles. The number of nitrogens with zero attached hydrogens (tertiary/aromatic N) is 1. The Morgan fingerprint density at radius 1 is 0.660 bits per heavy atom. The fourth-order valence-corrected chi connectivity index (χ4v) is 5.19. The first kappa shape index (κ1) is 44.5. The fourth-order valence-electron chi connectivity index (χ4n) is 5.19. The van der Waals surface area contributed by atoms with Crippen molar-refractivity contribution < 1.29 is 38.2 Å². The first-order chi connectivity index (χ1) is 22.6. The zero-order chi connectivity index (χ0) is 35.0. The van der Waals surface area contributed by atoms with Crippen molar-refractivity contribution in [1.29, 1.82) is 0 Å². The Bertz CT molecular complexity index is 875.